The van der Waals surface area contributed by atoms with Gasteiger partial charge in [-0.15, -0.1) is 0 Å². The van der Waals surface area contributed by atoms with Gasteiger partial charge in [0.25, 0.3) is 0 Å². The van der Waals surface area contributed by atoms with Crippen molar-refractivity contribution in [3.05, 3.63) is 36.0 Å². The Hall–Kier alpha value is -1.85. The number of aliphatic hydroxyl groups is 1. The van der Waals surface area contributed by atoms with Crippen molar-refractivity contribution >= 4 is 16.8 Å². The molecule has 0 aliphatic heterocycles. The molecule has 0 saturated carbocycles. The number of aromatic nitrogens is 1. The highest BCUT2D eigenvalue weighted by atomic mass is 16.5. The summed E-state index contributed by atoms with van der Waals surface area (Å²) in [5.74, 6) is -0.0542. The monoisotopic (exact) mass is 276 g/mol. The van der Waals surface area contributed by atoms with Gasteiger partial charge in [-0.25, -0.2) is 0 Å². The van der Waals surface area contributed by atoms with Gasteiger partial charge in [-0.1, -0.05) is 12.1 Å². The Labute approximate surface area is 118 Å². The normalized spacial score (nSPS) is 12.6. The molecule has 1 aromatic carbocycles. The maximum atomic E-state index is 12.0. The van der Waals surface area contributed by atoms with Crippen molar-refractivity contribution in [1.82, 2.24) is 9.88 Å². The lowest BCUT2D eigenvalue weighted by Gasteiger charge is -2.13. The van der Waals surface area contributed by atoms with Gasteiger partial charge in [-0.05, 0) is 30.0 Å². The summed E-state index contributed by atoms with van der Waals surface area (Å²) >= 11 is 0. The van der Waals surface area contributed by atoms with E-state index in [1.165, 1.54) is 0 Å². The Morgan fingerprint density at radius 1 is 1.45 bits per heavy atom. The third-order valence-corrected chi connectivity index (χ3v) is 3.16. The highest BCUT2D eigenvalue weighted by molar-refractivity contribution is 5.83. The smallest absolute Gasteiger partial charge is 0.240 e. The van der Waals surface area contributed by atoms with E-state index in [0.29, 0.717) is 6.61 Å². The van der Waals surface area contributed by atoms with Gasteiger partial charge in [0.2, 0.25) is 5.91 Å². The Morgan fingerprint density at radius 3 is 2.95 bits per heavy atom. The summed E-state index contributed by atoms with van der Waals surface area (Å²) in [6, 6.07) is 7.68. The number of amides is 1. The number of benzene rings is 1. The second kappa shape index (κ2) is 6.54. The summed E-state index contributed by atoms with van der Waals surface area (Å²) in [6.45, 7) is 2.65. The van der Waals surface area contributed by atoms with Crippen molar-refractivity contribution in [1.29, 1.82) is 0 Å². The van der Waals surface area contributed by atoms with Gasteiger partial charge >= 0.3 is 0 Å². The first-order valence-corrected chi connectivity index (χ1v) is 6.61. The standard InChI is InChI=1S/C15H20N2O3/c1-11(10-20-2)16-15(19)8-17-6-5-13-4-3-12(9-18)7-14(13)17/h3-7,11,18H,8-10H2,1-2H3,(H,16,19). The highest BCUT2D eigenvalue weighted by Gasteiger charge is 2.09. The number of carbonyl (C=O) groups excluding carboxylic acids is 1. The molecule has 2 rings (SSSR count). The van der Waals surface area contributed by atoms with Crippen molar-refractivity contribution in [2.24, 2.45) is 0 Å². The Morgan fingerprint density at radius 2 is 2.25 bits per heavy atom. The van der Waals surface area contributed by atoms with Crippen LogP contribution in [0.4, 0.5) is 0 Å². The molecule has 0 radical (unpaired) electrons. The SMILES string of the molecule is COCC(C)NC(=O)Cn1ccc2ccc(CO)cc21. The molecule has 1 heterocycles. The van der Waals surface area contributed by atoms with E-state index in [0.717, 1.165) is 16.5 Å². The molecule has 2 N–H and O–H groups in total. The molecule has 0 aliphatic rings. The summed E-state index contributed by atoms with van der Waals surface area (Å²) in [5.41, 5.74) is 1.79. The molecule has 20 heavy (non-hydrogen) atoms. The fourth-order valence-corrected chi connectivity index (χ4v) is 2.23. The number of hydrogen-bond acceptors (Lipinski definition) is 3. The van der Waals surface area contributed by atoms with Crippen LogP contribution in [0, 0.1) is 0 Å². The minimum absolute atomic E-state index is 0.00180. The summed E-state index contributed by atoms with van der Waals surface area (Å²) < 4.78 is 6.87. The predicted octanol–water partition coefficient (Wildman–Crippen LogP) is 1.28. The number of hydrogen-bond donors (Lipinski definition) is 2. The maximum absolute atomic E-state index is 12.0. The minimum atomic E-state index is -0.0542. The number of rotatable bonds is 6. The summed E-state index contributed by atoms with van der Waals surface area (Å²) in [4.78, 5) is 12.0. The van der Waals surface area contributed by atoms with Gasteiger partial charge in [0.15, 0.2) is 0 Å². The first-order chi connectivity index (χ1) is 9.63. The van der Waals surface area contributed by atoms with E-state index < -0.39 is 0 Å². The van der Waals surface area contributed by atoms with Crippen molar-refractivity contribution in [2.75, 3.05) is 13.7 Å². The predicted molar refractivity (Wildman–Crippen MR) is 77.3 cm³/mol. The lowest BCUT2D eigenvalue weighted by atomic mass is 10.2. The third-order valence-electron chi connectivity index (χ3n) is 3.16. The Balaban J connectivity index is 2.11. The van der Waals surface area contributed by atoms with E-state index in [-0.39, 0.29) is 25.1 Å². The van der Waals surface area contributed by atoms with E-state index >= 15 is 0 Å². The molecule has 108 valence electrons. The molecule has 0 aliphatic carbocycles. The molecule has 0 spiro atoms. The molecule has 0 fully saturated rings. The van der Waals surface area contributed by atoms with Crippen LogP contribution in [0.1, 0.15) is 12.5 Å². The first-order valence-electron chi connectivity index (χ1n) is 6.61. The van der Waals surface area contributed by atoms with E-state index in [9.17, 15) is 9.90 Å². The molecule has 5 heteroatoms. The minimum Gasteiger partial charge on any atom is -0.392 e. The zero-order valence-corrected chi connectivity index (χ0v) is 11.8. The van der Waals surface area contributed by atoms with Crippen LogP contribution in [0.25, 0.3) is 10.9 Å². The lowest BCUT2D eigenvalue weighted by Crippen LogP contribution is -2.37. The lowest BCUT2D eigenvalue weighted by molar-refractivity contribution is -0.122. The molecule has 1 amide bonds. The van der Waals surface area contributed by atoms with Gasteiger partial charge in [-0.2, -0.15) is 0 Å². The number of ether oxygens (including phenoxy) is 1. The molecule has 5 nitrogen and oxygen atoms in total. The molecule has 1 aromatic heterocycles. The number of fused-ring (bicyclic) bond motifs is 1. The van der Waals surface area contributed by atoms with Gasteiger partial charge < -0.3 is 19.7 Å². The van der Waals surface area contributed by atoms with Crippen LogP contribution >= 0.6 is 0 Å². The number of nitrogens with one attached hydrogen (secondary N) is 1. The molecular weight excluding hydrogens is 256 g/mol. The van der Waals surface area contributed by atoms with Crippen LogP contribution in [0.15, 0.2) is 30.5 Å². The maximum Gasteiger partial charge on any atom is 0.240 e. The number of aliphatic hydroxyl groups excluding tert-OH is 1. The quantitative estimate of drug-likeness (QED) is 0.835. The zero-order valence-electron chi connectivity index (χ0n) is 11.8. The van der Waals surface area contributed by atoms with Crippen LogP contribution in [0.5, 0.6) is 0 Å². The summed E-state index contributed by atoms with van der Waals surface area (Å²) in [7, 11) is 1.61. The van der Waals surface area contributed by atoms with Crippen LogP contribution in [-0.4, -0.2) is 35.3 Å². The number of carbonyl (C=O) groups is 1. The van der Waals surface area contributed by atoms with Crippen molar-refractivity contribution < 1.29 is 14.6 Å². The van der Waals surface area contributed by atoms with Gasteiger partial charge in [-0.3, -0.25) is 4.79 Å². The largest absolute Gasteiger partial charge is 0.392 e. The van der Waals surface area contributed by atoms with Crippen LogP contribution in [0.3, 0.4) is 0 Å². The van der Waals surface area contributed by atoms with E-state index in [2.05, 4.69) is 5.32 Å². The third kappa shape index (κ3) is 3.37. The molecule has 1 atom stereocenters. The van der Waals surface area contributed by atoms with Crippen LogP contribution in [0.2, 0.25) is 0 Å². The second-order valence-electron chi connectivity index (χ2n) is 4.92. The number of nitrogens with zero attached hydrogens (tertiary/aromatic N) is 1. The van der Waals surface area contributed by atoms with Crippen molar-refractivity contribution in [3.8, 4) is 0 Å². The summed E-state index contributed by atoms with van der Waals surface area (Å²) in [6.07, 6.45) is 1.88. The first kappa shape index (κ1) is 14.6. The van der Waals surface area contributed by atoms with Gasteiger partial charge in [0.1, 0.15) is 6.54 Å². The van der Waals surface area contributed by atoms with Crippen molar-refractivity contribution in [3.63, 3.8) is 0 Å². The highest BCUT2D eigenvalue weighted by Crippen LogP contribution is 2.17. The molecule has 0 bridgehead atoms. The molecule has 2 aromatic rings. The van der Waals surface area contributed by atoms with Crippen LogP contribution < -0.4 is 5.32 Å². The summed E-state index contributed by atoms with van der Waals surface area (Å²) in [5, 5.41) is 13.1. The fraction of sp³-hybridized carbons (Fsp3) is 0.400. The topological polar surface area (TPSA) is 63.5 Å². The number of methoxy groups -OCH3 is 1. The zero-order chi connectivity index (χ0) is 14.5. The Kier molecular flexibility index (Phi) is 4.76. The van der Waals surface area contributed by atoms with Gasteiger partial charge in [0.05, 0.1) is 13.2 Å². The average molecular weight is 276 g/mol. The Bertz CT molecular complexity index is 592. The molecule has 1 unspecified atom stereocenters. The van der Waals surface area contributed by atoms with E-state index in [1.807, 2.05) is 42.0 Å². The molecular formula is C15H20N2O3. The van der Waals surface area contributed by atoms with Gasteiger partial charge in [0, 0.05) is 24.9 Å². The average Bonchev–Trinajstić information content (AvgIpc) is 2.81. The molecule has 0 saturated heterocycles. The van der Waals surface area contributed by atoms with E-state index in [4.69, 9.17) is 4.74 Å². The fourth-order valence-electron chi connectivity index (χ4n) is 2.23. The van der Waals surface area contributed by atoms with Crippen molar-refractivity contribution in [2.45, 2.75) is 26.1 Å². The van der Waals surface area contributed by atoms with Crippen LogP contribution in [-0.2, 0) is 22.7 Å². The van der Waals surface area contributed by atoms with E-state index in [1.54, 1.807) is 7.11 Å². The second-order valence-corrected chi connectivity index (χ2v) is 4.92.